The molecule has 0 bridgehead atoms. The number of nitrogens with one attached hydrogen (secondary N) is 2. The number of anilines is 1. The summed E-state index contributed by atoms with van der Waals surface area (Å²) in [6.45, 7) is 2.51. The molecule has 98 valence electrons. The van der Waals surface area contributed by atoms with Gasteiger partial charge in [-0.05, 0) is 6.42 Å². The summed E-state index contributed by atoms with van der Waals surface area (Å²) in [4.78, 5) is 16.8. The van der Waals surface area contributed by atoms with Gasteiger partial charge in [0.1, 0.15) is 5.82 Å². The van der Waals surface area contributed by atoms with E-state index in [1.807, 2.05) is 6.92 Å². The Morgan fingerprint density at radius 2 is 2.50 bits per heavy atom. The lowest BCUT2D eigenvalue weighted by Gasteiger charge is -2.28. The van der Waals surface area contributed by atoms with Crippen molar-refractivity contribution in [2.75, 3.05) is 12.3 Å². The third-order valence-corrected chi connectivity index (χ3v) is 2.65. The van der Waals surface area contributed by atoms with Crippen LogP contribution in [0.3, 0.4) is 0 Å². The van der Waals surface area contributed by atoms with Crippen LogP contribution in [0.5, 0.6) is 0 Å². The molecule has 2 rings (SSSR count). The molecule has 0 spiro atoms. The zero-order valence-corrected chi connectivity index (χ0v) is 10.0. The van der Waals surface area contributed by atoms with Gasteiger partial charge in [0, 0.05) is 6.07 Å². The minimum atomic E-state index is -0.652. The highest BCUT2D eigenvalue weighted by atomic mass is 16.6. The summed E-state index contributed by atoms with van der Waals surface area (Å²) in [5.74, 6) is 0.0373. The van der Waals surface area contributed by atoms with Crippen LogP contribution in [-0.2, 0) is 9.63 Å². The Morgan fingerprint density at radius 3 is 3.06 bits per heavy atom. The fourth-order valence-corrected chi connectivity index (χ4v) is 1.66. The summed E-state index contributed by atoms with van der Waals surface area (Å²) in [5.41, 5.74) is 13.8. The molecule has 0 aromatic carbocycles. The maximum atomic E-state index is 11.6. The second kappa shape index (κ2) is 4.96. The first-order chi connectivity index (χ1) is 8.63. The lowest BCUT2D eigenvalue weighted by atomic mass is 10.2. The normalized spacial score (nSPS) is 21.9. The van der Waals surface area contributed by atoms with Crippen LogP contribution in [0.4, 0.5) is 5.82 Å². The molecular weight excluding hydrogens is 236 g/mol. The van der Waals surface area contributed by atoms with Gasteiger partial charge in [-0.25, -0.2) is 10.2 Å². The highest BCUT2D eigenvalue weighted by molar-refractivity contribution is 6.13. The molecule has 1 fully saturated rings. The van der Waals surface area contributed by atoms with Crippen molar-refractivity contribution in [1.29, 1.82) is 0 Å². The van der Waals surface area contributed by atoms with E-state index in [9.17, 15) is 4.79 Å². The van der Waals surface area contributed by atoms with Crippen molar-refractivity contribution in [3.05, 3.63) is 18.1 Å². The van der Waals surface area contributed by atoms with Crippen LogP contribution in [-0.4, -0.2) is 28.3 Å². The van der Waals surface area contributed by atoms with Gasteiger partial charge in [-0.15, -0.1) is 0 Å². The fraction of sp³-hybridized carbons (Fsp3) is 0.400. The topological polar surface area (TPSA) is 120 Å². The number of hydroxylamine groups is 1. The van der Waals surface area contributed by atoms with Gasteiger partial charge in [-0.2, -0.15) is 5.10 Å². The van der Waals surface area contributed by atoms with E-state index in [0.717, 1.165) is 6.42 Å². The van der Waals surface area contributed by atoms with Crippen molar-refractivity contribution >= 4 is 17.4 Å². The molecule has 1 unspecified atom stereocenters. The predicted molar refractivity (Wildman–Crippen MR) is 65.4 cm³/mol. The van der Waals surface area contributed by atoms with Crippen LogP contribution in [0.25, 0.3) is 5.70 Å². The van der Waals surface area contributed by atoms with E-state index in [1.54, 1.807) is 6.07 Å². The van der Waals surface area contributed by atoms with Crippen LogP contribution in [0.15, 0.2) is 18.1 Å². The highest BCUT2D eigenvalue weighted by Crippen LogP contribution is 2.14. The standard InChI is InChI=1S/C10H16N6O2/c1-2-6-5-18-15-10(14-6)8(9(12)17)16-7(11)3-4-13-16/h3-4,6,14-15H,2,5,11H2,1H3,(H2,12,17)/b10-8+. The quantitative estimate of drug-likeness (QED) is 0.511. The van der Waals surface area contributed by atoms with Crippen LogP contribution in [0, 0.1) is 0 Å². The van der Waals surface area contributed by atoms with Gasteiger partial charge in [0.05, 0.1) is 18.8 Å². The molecule has 8 nitrogen and oxygen atoms in total. The first-order valence-corrected chi connectivity index (χ1v) is 5.61. The Kier molecular flexibility index (Phi) is 3.38. The largest absolute Gasteiger partial charge is 0.384 e. The van der Waals surface area contributed by atoms with E-state index >= 15 is 0 Å². The molecule has 1 amide bonds. The summed E-state index contributed by atoms with van der Waals surface area (Å²) in [7, 11) is 0. The SMILES string of the molecule is CCC1CON/C(=C(\C(N)=O)n2nccc2N)N1. The molecule has 0 saturated carbocycles. The number of nitrogens with zero attached hydrogens (tertiary/aromatic N) is 2. The van der Waals surface area contributed by atoms with Crippen molar-refractivity contribution in [1.82, 2.24) is 20.6 Å². The molecule has 1 aliphatic heterocycles. The van der Waals surface area contributed by atoms with Crippen molar-refractivity contribution in [2.45, 2.75) is 19.4 Å². The Hall–Kier alpha value is -2.22. The summed E-state index contributed by atoms with van der Waals surface area (Å²) in [6, 6.07) is 1.68. The van der Waals surface area contributed by atoms with Gasteiger partial charge in [0.25, 0.3) is 5.91 Å². The third-order valence-electron chi connectivity index (χ3n) is 2.65. The highest BCUT2D eigenvalue weighted by Gasteiger charge is 2.23. The van der Waals surface area contributed by atoms with Crippen LogP contribution in [0.1, 0.15) is 13.3 Å². The van der Waals surface area contributed by atoms with E-state index in [-0.39, 0.29) is 11.7 Å². The molecule has 1 aromatic heterocycles. The number of hydrogen-bond acceptors (Lipinski definition) is 6. The summed E-state index contributed by atoms with van der Waals surface area (Å²) < 4.78 is 1.26. The van der Waals surface area contributed by atoms with E-state index in [4.69, 9.17) is 16.3 Å². The fourth-order valence-electron chi connectivity index (χ4n) is 1.66. The zero-order chi connectivity index (χ0) is 13.1. The molecule has 1 atom stereocenters. The van der Waals surface area contributed by atoms with Crippen LogP contribution >= 0.6 is 0 Å². The van der Waals surface area contributed by atoms with Crippen molar-refractivity contribution in [3.63, 3.8) is 0 Å². The number of primary amides is 1. The second-order valence-electron chi connectivity index (χ2n) is 3.92. The molecule has 8 heteroatoms. The number of nitrogen functional groups attached to an aromatic ring is 1. The molecule has 1 saturated heterocycles. The Labute approximate surface area is 104 Å². The first kappa shape index (κ1) is 12.2. The summed E-state index contributed by atoms with van der Waals surface area (Å²) in [5, 5.41) is 7.09. The summed E-state index contributed by atoms with van der Waals surface area (Å²) >= 11 is 0. The van der Waals surface area contributed by atoms with Crippen LogP contribution < -0.4 is 22.3 Å². The molecule has 1 aliphatic rings. The lowest BCUT2D eigenvalue weighted by Crippen LogP contribution is -2.46. The molecule has 0 aliphatic carbocycles. The minimum Gasteiger partial charge on any atom is -0.384 e. The molecule has 6 N–H and O–H groups in total. The van der Waals surface area contributed by atoms with Crippen molar-refractivity contribution in [2.24, 2.45) is 5.73 Å². The van der Waals surface area contributed by atoms with Gasteiger partial charge in [0.15, 0.2) is 11.5 Å². The number of rotatable bonds is 3. The third kappa shape index (κ3) is 2.23. The van der Waals surface area contributed by atoms with Gasteiger partial charge in [-0.3, -0.25) is 9.63 Å². The lowest BCUT2D eigenvalue weighted by molar-refractivity contribution is -0.113. The molecule has 1 aromatic rings. The minimum absolute atomic E-state index is 0.104. The van der Waals surface area contributed by atoms with Crippen molar-refractivity contribution < 1.29 is 9.63 Å². The molecular formula is C10H16N6O2. The monoisotopic (exact) mass is 252 g/mol. The van der Waals surface area contributed by atoms with Gasteiger partial charge in [-0.1, -0.05) is 6.92 Å². The van der Waals surface area contributed by atoms with E-state index in [0.29, 0.717) is 18.2 Å². The van der Waals surface area contributed by atoms with E-state index in [1.165, 1.54) is 10.9 Å². The number of amides is 1. The average molecular weight is 252 g/mol. The van der Waals surface area contributed by atoms with E-state index in [2.05, 4.69) is 15.9 Å². The predicted octanol–water partition coefficient (Wildman–Crippen LogP) is -1.02. The Balaban J connectivity index is 2.40. The molecule has 18 heavy (non-hydrogen) atoms. The zero-order valence-electron chi connectivity index (χ0n) is 10.0. The first-order valence-electron chi connectivity index (χ1n) is 5.61. The average Bonchev–Trinajstić information content (AvgIpc) is 2.76. The number of carbonyl (C=O) groups is 1. The Bertz CT molecular complexity index is 480. The molecule has 2 heterocycles. The number of aromatic nitrogens is 2. The number of nitrogens with two attached hydrogens (primary N) is 2. The van der Waals surface area contributed by atoms with Crippen molar-refractivity contribution in [3.8, 4) is 0 Å². The van der Waals surface area contributed by atoms with Gasteiger partial charge in [0.2, 0.25) is 0 Å². The van der Waals surface area contributed by atoms with Gasteiger partial charge >= 0.3 is 0 Å². The summed E-state index contributed by atoms with van der Waals surface area (Å²) in [6.07, 6.45) is 2.34. The Morgan fingerprint density at radius 1 is 1.72 bits per heavy atom. The number of carbonyl (C=O) groups excluding carboxylic acids is 1. The number of hydrogen-bond donors (Lipinski definition) is 4. The second-order valence-corrected chi connectivity index (χ2v) is 3.92. The maximum Gasteiger partial charge on any atom is 0.271 e. The molecule has 0 radical (unpaired) electrons. The smallest absolute Gasteiger partial charge is 0.271 e. The van der Waals surface area contributed by atoms with Crippen LogP contribution in [0.2, 0.25) is 0 Å². The maximum absolute atomic E-state index is 11.6. The van der Waals surface area contributed by atoms with E-state index < -0.39 is 5.91 Å². The van der Waals surface area contributed by atoms with Gasteiger partial charge < -0.3 is 16.8 Å².